The van der Waals surface area contributed by atoms with Gasteiger partial charge < -0.3 is 4.74 Å². The third-order valence-corrected chi connectivity index (χ3v) is 3.53. The van der Waals surface area contributed by atoms with Gasteiger partial charge in [-0.1, -0.05) is 24.3 Å². The Hall–Kier alpha value is -2.23. The maximum Gasteiger partial charge on any atom is 0.340 e. The first-order valence-corrected chi connectivity index (χ1v) is 6.64. The van der Waals surface area contributed by atoms with E-state index in [0.29, 0.717) is 0 Å². The molecule has 0 aliphatic heterocycles. The van der Waals surface area contributed by atoms with Gasteiger partial charge in [0.15, 0.2) is 0 Å². The highest BCUT2D eigenvalue weighted by Crippen LogP contribution is 2.32. The fraction of sp³-hybridized carbons (Fsp3) is 0.250. The highest BCUT2D eigenvalue weighted by atomic mass is 19.1. The number of esters is 1. The van der Waals surface area contributed by atoms with E-state index >= 15 is 0 Å². The van der Waals surface area contributed by atoms with E-state index in [1.165, 1.54) is 17.8 Å². The summed E-state index contributed by atoms with van der Waals surface area (Å²) in [6, 6.07) is 10.5. The summed E-state index contributed by atoms with van der Waals surface area (Å²) in [5, 5.41) is 0. The lowest BCUT2D eigenvalue weighted by Gasteiger charge is -2.25. The summed E-state index contributed by atoms with van der Waals surface area (Å²) in [6.45, 7) is 0. The highest BCUT2D eigenvalue weighted by molar-refractivity contribution is 5.89. The lowest BCUT2D eigenvalue weighted by Crippen LogP contribution is -2.17. The molecule has 20 heavy (non-hydrogen) atoms. The quantitative estimate of drug-likeness (QED) is 0.620. The van der Waals surface area contributed by atoms with Crippen molar-refractivity contribution in [2.75, 3.05) is 0 Å². The molecule has 2 aromatic rings. The molecule has 0 N–H and O–H groups in total. The van der Waals surface area contributed by atoms with E-state index in [-0.39, 0.29) is 11.7 Å². The second-order valence-corrected chi connectivity index (χ2v) is 4.85. The molecule has 0 saturated carbocycles. The summed E-state index contributed by atoms with van der Waals surface area (Å²) in [7, 11) is 0. The Morgan fingerprint density at radius 2 is 2.10 bits per heavy atom. The van der Waals surface area contributed by atoms with Gasteiger partial charge in [0.1, 0.15) is 6.10 Å². The van der Waals surface area contributed by atoms with E-state index in [0.717, 1.165) is 30.9 Å². The number of benzene rings is 1. The van der Waals surface area contributed by atoms with Crippen LogP contribution in [-0.4, -0.2) is 11.0 Å². The van der Waals surface area contributed by atoms with Crippen LogP contribution in [0.25, 0.3) is 0 Å². The summed E-state index contributed by atoms with van der Waals surface area (Å²) in [6.07, 6.45) is 3.81. The van der Waals surface area contributed by atoms with Gasteiger partial charge >= 0.3 is 5.97 Å². The van der Waals surface area contributed by atoms with Crippen LogP contribution in [0.1, 0.15) is 40.4 Å². The van der Waals surface area contributed by atoms with Gasteiger partial charge in [-0.2, -0.15) is 4.39 Å². The Labute approximate surface area is 116 Å². The summed E-state index contributed by atoms with van der Waals surface area (Å²) in [5.74, 6) is -1.07. The maximum atomic E-state index is 12.7. The van der Waals surface area contributed by atoms with Gasteiger partial charge in [0.05, 0.1) is 5.56 Å². The second kappa shape index (κ2) is 5.41. The van der Waals surface area contributed by atoms with Crippen molar-refractivity contribution < 1.29 is 13.9 Å². The Kier molecular flexibility index (Phi) is 3.46. The molecule has 1 atom stereocenters. The molecule has 4 heteroatoms. The fourth-order valence-electron chi connectivity index (χ4n) is 2.53. The zero-order valence-electron chi connectivity index (χ0n) is 10.9. The van der Waals surface area contributed by atoms with Crippen molar-refractivity contribution in [2.45, 2.75) is 25.4 Å². The maximum absolute atomic E-state index is 12.7. The zero-order chi connectivity index (χ0) is 13.9. The van der Waals surface area contributed by atoms with Crippen molar-refractivity contribution >= 4 is 5.97 Å². The van der Waals surface area contributed by atoms with Crippen LogP contribution >= 0.6 is 0 Å². The molecule has 0 fully saturated rings. The predicted octanol–water partition coefficient (Wildman–Crippen LogP) is 3.46. The number of aryl methyl sites for hydroxylation is 1. The highest BCUT2D eigenvalue weighted by Gasteiger charge is 2.23. The van der Waals surface area contributed by atoms with Crippen LogP contribution in [0.4, 0.5) is 4.39 Å². The molecule has 1 unspecified atom stereocenters. The Morgan fingerprint density at radius 1 is 1.25 bits per heavy atom. The monoisotopic (exact) mass is 271 g/mol. The molecular weight excluding hydrogens is 257 g/mol. The molecule has 3 nitrogen and oxygen atoms in total. The van der Waals surface area contributed by atoms with E-state index in [1.54, 1.807) is 0 Å². The van der Waals surface area contributed by atoms with Gasteiger partial charge in [-0.3, -0.25) is 0 Å². The van der Waals surface area contributed by atoms with Crippen LogP contribution in [-0.2, 0) is 11.2 Å². The first kappa shape index (κ1) is 12.8. The van der Waals surface area contributed by atoms with E-state index < -0.39 is 11.9 Å². The number of fused-ring (bicyclic) bond motifs is 1. The largest absolute Gasteiger partial charge is 0.454 e. The van der Waals surface area contributed by atoms with Crippen molar-refractivity contribution in [1.29, 1.82) is 0 Å². The average Bonchev–Trinajstić information content (AvgIpc) is 2.48. The molecule has 1 aliphatic carbocycles. The number of pyridine rings is 1. The molecule has 0 bridgehead atoms. The molecule has 0 radical (unpaired) electrons. The molecule has 1 aliphatic rings. The number of hydrogen-bond donors (Lipinski definition) is 0. The number of hydrogen-bond acceptors (Lipinski definition) is 3. The second-order valence-electron chi connectivity index (χ2n) is 4.85. The summed E-state index contributed by atoms with van der Waals surface area (Å²) in [4.78, 5) is 15.5. The molecule has 1 aromatic carbocycles. The van der Waals surface area contributed by atoms with E-state index in [4.69, 9.17) is 4.74 Å². The summed E-state index contributed by atoms with van der Waals surface area (Å²) >= 11 is 0. The number of carbonyl (C=O) groups excluding carboxylic acids is 1. The average molecular weight is 271 g/mol. The smallest absolute Gasteiger partial charge is 0.340 e. The molecule has 0 saturated heterocycles. The van der Waals surface area contributed by atoms with Crippen molar-refractivity contribution in [3.05, 3.63) is 65.2 Å². The summed E-state index contributed by atoms with van der Waals surface area (Å²) < 4.78 is 18.3. The zero-order valence-corrected chi connectivity index (χ0v) is 10.9. The number of carbonyl (C=O) groups is 1. The van der Waals surface area contributed by atoms with Crippen LogP contribution in [0.2, 0.25) is 0 Å². The molecule has 1 aromatic heterocycles. The Morgan fingerprint density at radius 3 is 2.90 bits per heavy atom. The molecule has 3 rings (SSSR count). The first-order chi connectivity index (χ1) is 9.74. The minimum atomic E-state index is -0.607. The van der Waals surface area contributed by atoms with Gasteiger partial charge in [0, 0.05) is 6.20 Å². The topological polar surface area (TPSA) is 39.2 Å². The normalized spacial score (nSPS) is 17.4. The number of halogens is 1. The molecule has 1 heterocycles. The first-order valence-electron chi connectivity index (χ1n) is 6.64. The van der Waals surface area contributed by atoms with Crippen molar-refractivity contribution in [2.24, 2.45) is 0 Å². The predicted molar refractivity (Wildman–Crippen MR) is 71.7 cm³/mol. The lowest BCUT2D eigenvalue weighted by atomic mass is 9.89. The van der Waals surface area contributed by atoms with Crippen LogP contribution in [0, 0.1) is 5.95 Å². The van der Waals surface area contributed by atoms with Gasteiger partial charge in [-0.25, -0.2) is 9.78 Å². The molecule has 0 spiro atoms. The minimum absolute atomic E-state index is 0.225. The Bertz CT molecular complexity index is 625. The number of aromatic nitrogens is 1. The van der Waals surface area contributed by atoms with Crippen LogP contribution in [0.15, 0.2) is 42.6 Å². The van der Waals surface area contributed by atoms with Crippen molar-refractivity contribution in [3.8, 4) is 0 Å². The van der Waals surface area contributed by atoms with Crippen LogP contribution in [0.3, 0.4) is 0 Å². The third-order valence-electron chi connectivity index (χ3n) is 3.53. The molecular formula is C16H14FNO2. The van der Waals surface area contributed by atoms with Crippen molar-refractivity contribution in [3.63, 3.8) is 0 Å². The van der Waals surface area contributed by atoms with E-state index in [1.807, 2.05) is 18.2 Å². The minimum Gasteiger partial charge on any atom is -0.454 e. The Balaban J connectivity index is 1.79. The fourth-order valence-corrected chi connectivity index (χ4v) is 2.53. The van der Waals surface area contributed by atoms with E-state index in [9.17, 15) is 9.18 Å². The lowest BCUT2D eigenvalue weighted by molar-refractivity contribution is 0.0256. The standard InChI is InChI=1S/C16H14FNO2/c17-15-9-8-12(10-18-15)16(19)20-14-7-3-5-11-4-1-2-6-13(11)14/h1-2,4,6,8-10,14H,3,5,7H2. The van der Waals surface area contributed by atoms with Crippen molar-refractivity contribution in [1.82, 2.24) is 4.98 Å². The molecule has 102 valence electrons. The van der Waals surface area contributed by atoms with Gasteiger partial charge in [-0.15, -0.1) is 0 Å². The SMILES string of the molecule is O=C(OC1CCCc2ccccc21)c1ccc(F)nc1. The van der Waals surface area contributed by atoms with E-state index in [2.05, 4.69) is 11.1 Å². The molecule has 0 amide bonds. The van der Waals surface area contributed by atoms with Gasteiger partial charge in [0.2, 0.25) is 5.95 Å². The number of ether oxygens (including phenoxy) is 1. The number of nitrogens with zero attached hydrogens (tertiary/aromatic N) is 1. The number of rotatable bonds is 2. The van der Waals surface area contributed by atoms with Gasteiger partial charge in [0.25, 0.3) is 0 Å². The van der Waals surface area contributed by atoms with Crippen LogP contribution < -0.4 is 0 Å². The summed E-state index contributed by atoms with van der Waals surface area (Å²) in [5.41, 5.74) is 2.57. The van der Waals surface area contributed by atoms with Gasteiger partial charge in [-0.05, 0) is 42.5 Å². The third kappa shape index (κ3) is 2.54. The van der Waals surface area contributed by atoms with Crippen LogP contribution in [0.5, 0.6) is 0 Å².